The summed E-state index contributed by atoms with van der Waals surface area (Å²) < 4.78 is 17.2. The zero-order valence-corrected chi connectivity index (χ0v) is 15.4. The second kappa shape index (κ2) is 8.47. The van der Waals surface area contributed by atoms with Crippen molar-refractivity contribution in [1.29, 1.82) is 0 Å². The lowest BCUT2D eigenvalue weighted by atomic mass is 10.2. The number of benzene rings is 2. The van der Waals surface area contributed by atoms with Crippen LogP contribution in [0.15, 0.2) is 53.5 Å². The molecule has 1 atom stereocenters. The number of hydrogen-bond acceptors (Lipinski definition) is 4. The molecular weight excluding hydrogens is 330 g/mol. The Kier molecular flexibility index (Phi) is 5.84. The van der Waals surface area contributed by atoms with Gasteiger partial charge < -0.3 is 24.4 Å². The van der Waals surface area contributed by atoms with Gasteiger partial charge in [0.2, 0.25) is 0 Å². The van der Waals surface area contributed by atoms with Gasteiger partial charge in [-0.3, -0.25) is 4.99 Å². The Hall–Kier alpha value is -2.89. The number of methoxy groups -OCH3 is 1. The minimum absolute atomic E-state index is 0.0682. The van der Waals surface area contributed by atoms with Crippen molar-refractivity contribution in [3.05, 3.63) is 54.1 Å². The predicted octanol–water partition coefficient (Wildman–Crippen LogP) is 2.54. The van der Waals surface area contributed by atoms with Crippen molar-refractivity contribution in [2.75, 3.05) is 34.4 Å². The molecule has 0 aliphatic carbocycles. The summed E-state index contributed by atoms with van der Waals surface area (Å²) >= 11 is 0. The van der Waals surface area contributed by atoms with E-state index in [1.54, 1.807) is 14.2 Å². The minimum Gasteiger partial charge on any atom is -0.496 e. The second-order valence-corrected chi connectivity index (χ2v) is 6.09. The Labute approximate surface area is 154 Å². The van der Waals surface area contributed by atoms with Gasteiger partial charge in [0.25, 0.3) is 0 Å². The molecule has 0 fully saturated rings. The maximum atomic E-state index is 5.98. The number of nitrogens with zero attached hydrogens (tertiary/aromatic N) is 2. The summed E-state index contributed by atoms with van der Waals surface area (Å²) in [6.07, 6.45) is -0.0682. The van der Waals surface area contributed by atoms with Crippen molar-refractivity contribution >= 4 is 5.96 Å². The first-order chi connectivity index (χ1) is 12.7. The van der Waals surface area contributed by atoms with E-state index in [9.17, 15) is 0 Å². The SMILES string of the molecule is CN=C(NCC1COc2ccccc2O1)N(C)Cc1ccccc1OC. The van der Waals surface area contributed by atoms with Crippen LogP contribution in [0.3, 0.4) is 0 Å². The van der Waals surface area contributed by atoms with Crippen molar-refractivity contribution in [2.24, 2.45) is 4.99 Å². The van der Waals surface area contributed by atoms with Crippen LogP contribution in [0.25, 0.3) is 0 Å². The van der Waals surface area contributed by atoms with E-state index in [2.05, 4.69) is 21.3 Å². The fourth-order valence-electron chi connectivity index (χ4n) is 2.92. The number of para-hydroxylation sites is 3. The van der Waals surface area contributed by atoms with Gasteiger partial charge in [-0.25, -0.2) is 0 Å². The molecule has 2 aromatic carbocycles. The Morgan fingerprint density at radius 2 is 1.92 bits per heavy atom. The number of ether oxygens (including phenoxy) is 3. The Bertz CT molecular complexity index is 763. The third-order valence-corrected chi connectivity index (χ3v) is 4.23. The normalized spacial score (nSPS) is 16.1. The fraction of sp³-hybridized carbons (Fsp3) is 0.350. The third kappa shape index (κ3) is 4.20. The van der Waals surface area contributed by atoms with Crippen LogP contribution in [0.2, 0.25) is 0 Å². The van der Waals surface area contributed by atoms with Crippen molar-refractivity contribution in [3.8, 4) is 17.2 Å². The number of aliphatic imine (C=N–C) groups is 1. The summed E-state index contributed by atoms with van der Waals surface area (Å²) in [5.41, 5.74) is 1.10. The first kappa shape index (κ1) is 17.9. The first-order valence-corrected chi connectivity index (χ1v) is 8.63. The van der Waals surface area contributed by atoms with Gasteiger partial charge in [-0.15, -0.1) is 0 Å². The molecule has 1 aliphatic rings. The quantitative estimate of drug-likeness (QED) is 0.660. The minimum atomic E-state index is -0.0682. The maximum Gasteiger partial charge on any atom is 0.193 e. The molecule has 6 nitrogen and oxygen atoms in total. The molecule has 0 bridgehead atoms. The topological polar surface area (TPSA) is 55.3 Å². The van der Waals surface area contributed by atoms with E-state index in [0.717, 1.165) is 28.8 Å². The zero-order chi connectivity index (χ0) is 18.4. The Morgan fingerprint density at radius 3 is 2.69 bits per heavy atom. The molecule has 138 valence electrons. The van der Waals surface area contributed by atoms with E-state index in [-0.39, 0.29) is 6.10 Å². The van der Waals surface area contributed by atoms with Gasteiger partial charge in [-0.2, -0.15) is 0 Å². The Balaban J connectivity index is 1.56. The van der Waals surface area contributed by atoms with Crippen LogP contribution < -0.4 is 19.5 Å². The highest BCUT2D eigenvalue weighted by atomic mass is 16.6. The van der Waals surface area contributed by atoms with Gasteiger partial charge in [0.15, 0.2) is 17.5 Å². The molecule has 0 saturated heterocycles. The van der Waals surface area contributed by atoms with E-state index >= 15 is 0 Å². The molecule has 6 heteroatoms. The van der Waals surface area contributed by atoms with Crippen LogP contribution in [0.4, 0.5) is 0 Å². The van der Waals surface area contributed by atoms with Crippen LogP contribution in [0.5, 0.6) is 17.2 Å². The standard InChI is InChI=1S/C20H25N3O3/c1-21-20(23(2)13-15-8-4-5-9-17(15)24-3)22-12-16-14-25-18-10-6-7-11-19(18)26-16/h4-11,16H,12-14H2,1-3H3,(H,21,22). The molecule has 3 rings (SSSR count). The van der Waals surface area contributed by atoms with Crippen molar-refractivity contribution in [3.63, 3.8) is 0 Å². The van der Waals surface area contributed by atoms with Crippen molar-refractivity contribution in [1.82, 2.24) is 10.2 Å². The second-order valence-electron chi connectivity index (χ2n) is 6.09. The number of fused-ring (bicyclic) bond motifs is 1. The van der Waals surface area contributed by atoms with Crippen LogP contribution in [-0.2, 0) is 6.54 Å². The summed E-state index contributed by atoms with van der Waals surface area (Å²) in [6.45, 7) is 1.81. The van der Waals surface area contributed by atoms with E-state index in [0.29, 0.717) is 19.7 Å². The summed E-state index contributed by atoms with van der Waals surface area (Å²) in [4.78, 5) is 6.41. The van der Waals surface area contributed by atoms with Gasteiger partial charge in [-0.05, 0) is 18.2 Å². The lowest BCUT2D eigenvalue weighted by Crippen LogP contribution is -2.45. The molecule has 26 heavy (non-hydrogen) atoms. The summed E-state index contributed by atoms with van der Waals surface area (Å²) in [5.74, 6) is 3.23. The molecule has 0 aromatic heterocycles. The van der Waals surface area contributed by atoms with Gasteiger partial charge >= 0.3 is 0 Å². The van der Waals surface area contributed by atoms with E-state index in [4.69, 9.17) is 14.2 Å². The van der Waals surface area contributed by atoms with Gasteiger partial charge in [-0.1, -0.05) is 30.3 Å². The lowest BCUT2D eigenvalue weighted by Gasteiger charge is -2.28. The van der Waals surface area contributed by atoms with Gasteiger partial charge in [0, 0.05) is 26.2 Å². The van der Waals surface area contributed by atoms with E-state index in [1.807, 2.05) is 49.5 Å². The molecular formula is C20H25N3O3. The third-order valence-electron chi connectivity index (χ3n) is 4.23. The van der Waals surface area contributed by atoms with Gasteiger partial charge in [0.05, 0.1) is 13.7 Å². The van der Waals surface area contributed by atoms with E-state index in [1.165, 1.54) is 0 Å². The summed E-state index contributed by atoms with van der Waals surface area (Å²) in [5, 5.41) is 3.36. The first-order valence-electron chi connectivity index (χ1n) is 8.63. The molecule has 1 heterocycles. The predicted molar refractivity (Wildman–Crippen MR) is 102 cm³/mol. The number of guanidine groups is 1. The highest BCUT2D eigenvalue weighted by Crippen LogP contribution is 2.30. The number of hydrogen-bond donors (Lipinski definition) is 1. The highest BCUT2D eigenvalue weighted by molar-refractivity contribution is 5.79. The zero-order valence-electron chi connectivity index (χ0n) is 15.4. The molecule has 0 amide bonds. The average molecular weight is 355 g/mol. The van der Waals surface area contributed by atoms with E-state index < -0.39 is 0 Å². The molecule has 0 spiro atoms. The van der Waals surface area contributed by atoms with Crippen LogP contribution in [0.1, 0.15) is 5.56 Å². The fourth-order valence-corrected chi connectivity index (χ4v) is 2.92. The molecule has 2 aromatic rings. The lowest BCUT2D eigenvalue weighted by molar-refractivity contribution is 0.0932. The molecule has 0 radical (unpaired) electrons. The summed E-state index contributed by atoms with van der Waals surface area (Å²) in [7, 11) is 5.45. The van der Waals surface area contributed by atoms with Crippen LogP contribution >= 0.6 is 0 Å². The molecule has 1 aliphatic heterocycles. The average Bonchev–Trinajstić information content (AvgIpc) is 2.68. The smallest absolute Gasteiger partial charge is 0.193 e. The van der Waals surface area contributed by atoms with Crippen molar-refractivity contribution < 1.29 is 14.2 Å². The largest absolute Gasteiger partial charge is 0.496 e. The Morgan fingerprint density at radius 1 is 1.19 bits per heavy atom. The maximum absolute atomic E-state index is 5.98. The molecule has 1 unspecified atom stereocenters. The number of rotatable bonds is 5. The van der Waals surface area contributed by atoms with Gasteiger partial charge in [0.1, 0.15) is 18.5 Å². The van der Waals surface area contributed by atoms with Crippen molar-refractivity contribution in [2.45, 2.75) is 12.6 Å². The molecule has 0 saturated carbocycles. The van der Waals surface area contributed by atoms with Crippen LogP contribution in [0, 0.1) is 0 Å². The molecule has 1 N–H and O–H groups in total. The monoisotopic (exact) mass is 355 g/mol. The highest BCUT2D eigenvalue weighted by Gasteiger charge is 2.21. The summed E-state index contributed by atoms with van der Waals surface area (Å²) in [6, 6.07) is 15.7. The van der Waals surface area contributed by atoms with Crippen LogP contribution in [-0.4, -0.2) is 51.3 Å². The number of nitrogens with one attached hydrogen (secondary N) is 1.